The van der Waals surface area contributed by atoms with Crippen molar-refractivity contribution in [3.63, 3.8) is 0 Å². The first-order valence-electron chi connectivity index (χ1n) is 3.03. The van der Waals surface area contributed by atoms with Gasteiger partial charge in [0.25, 0.3) is 0 Å². The van der Waals surface area contributed by atoms with Crippen LogP contribution >= 0.6 is 11.8 Å². The third kappa shape index (κ3) is 3.08. The van der Waals surface area contributed by atoms with Gasteiger partial charge in [0, 0.05) is 12.3 Å². The minimum absolute atomic E-state index is 1.04. The second kappa shape index (κ2) is 5.16. The molecule has 0 saturated carbocycles. The maximum absolute atomic E-state index is 4.12. The van der Waals surface area contributed by atoms with Gasteiger partial charge in [-0.1, -0.05) is 13.8 Å². The van der Waals surface area contributed by atoms with Crippen LogP contribution in [0.2, 0.25) is 0 Å². The normalized spacial score (nSPS) is 16.6. The van der Waals surface area contributed by atoms with Gasteiger partial charge in [-0.05, 0) is 6.92 Å². The predicted octanol–water partition coefficient (Wildman–Crippen LogP) is 2.18. The monoisotopic (exact) mass is 131 g/mol. The first-order chi connectivity index (χ1) is 3.89. The smallest absolute Gasteiger partial charge is 0.0645 e. The van der Waals surface area contributed by atoms with Gasteiger partial charge in [0.05, 0.1) is 5.04 Å². The van der Waals surface area contributed by atoms with E-state index in [2.05, 4.69) is 11.9 Å². The fraction of sp³-hybridized carbons (Fsp3) is 0.833. The van der Waals surface area contributed by atoms with Crippen LogP contribution in [0.1, 0.15) is 20.8 Å². The van der Waals surface area contributed by atoms with Crippen LogP contribution in [0, 0.1) is 0 Å². The van der Waals surface area contributed by atoms with E-state index >= 15 is 0 Å². The molecule has 0 fully saturated rings. The number of rotatable bonds is 0. The SMILES string of the molecule is CC.CC1=NCCS1. The minimum Gasteiger partial charge on any atom is -0.282 e. The largest absolute Gasteiger partial charge is 0.282 e. The Morgan fingerprint density at radius 2 is 2.12 bits per heavy atom. The third-order valence-corrected chi connectivity index (χ3v) is 1.67. The van der Waals surface area contributed by atoms with E-state index < -0.39 is 0 Å². The van der Waals surface area contributed by atoms with Crippen molar-refractivity contribution in [1.29, 1.82) is 0 Å². The van der Waals surface area contributed by atoms with Gasteiger partial charge in [0.15, 0.2) is 0 Å². The van der Waals surface area contributed by atoms with Gasteiger partial charge in [-0.2, -0.15) is 0 Å². The van der Waals surface area contributed by atoms with Crippen LogP contribution in [0.15, 0.2) is 4.99 Å². The quantitative estimate of drug-likeness (QED) is 0.491. The molecule has 0 atom stereocenters. The standard InChI is InChI=1S/C4H7NS.C2H6/c1-4-5-2-3-6-4;1-2/h2-3H2,1H3;1-2H3. The summed E-state index contributed by atoms with van der Waals surface area (Å²) in [5.41, 5.74) is 0. The molecule has 0 aromatic carbocycles. The molecular formula is C6H13NS. The molecular weight excluding hydrogens is 118 g/mol. The van der Waals surface area contributed by atoms with Crippen LogP contribution in [0.5, 0.6) is 0 Å². The van der Waals surface area contributed by atoms with Gasteiger partial charge < -0.3 is 0 Å². The lowest BCUT2D eigenvalue weighted by Gasteiger charge is -1.76. The Kier molecular flexibility index (Phi) is 5.18. The number of hydrogen-bond acceptors (Lipinski definition) is 2. The van der Waals surface area contributed by atoms with Crippen molar-refractivity contribution in [1.82, 2.24) is 0 Å². The van der Waals surface area contributed by atoms with E-state index in [9.17, 15) is 0 Å². The third-order valence-electron chi connectivity index (χ3n) is 0.737. The zero-order valence-electron chi connectivity index (χ0n) is 5.77. The van der Waals surface area contributed by atoms with Crippen LogP contribution in [0.3, 0.4) is 0 Å². The zero-order valence-corrected chi connectivity index (χ0v) is 6.59. The van der Waals surface area contributed by atoms with Crippen molar-refractivity contribution in [3.8, 4) is 0 Å². The molecule has 0 radical (unpaired) electrons. The summed E-state index contributed by atoms with van der Waals surface area (Å²) in [7, 11) is 0. The van der Waals surface area contributed by atoms with Crippen molar-refractivity contribution < 1.29 is 0 Å². The van der Waals surface area contributed by atoms with Crippen molar-refractivity contribution in [3.05, 3.63) is 0 Å². The highest BCUT2D eigenvalue weighted by atomic mass is 32.2. The first kappa shape index (κ1) is 8.02. The van der Waals surface area contributed by atoms with Crippen molar-refractivity contribution in [2.24, 2.45) is 4.99 Å². The molecule has 0 N–H and O–H groups in total. The molecule has 0 aromatic heterocycles. The lowest BCUT2D eigenvalue weighted by molar-refractivity contribution is 1.17. The molecule has 0 saturated heterocycles. The molecule has 0 aromatic rings. The molecule has 1 aliphatic rings. The van der Waals surface area contributed by atoms with Gasteiger partial charge in [-0.3, -0.25) is 4.99 Å². The summed E-state index contributed by atoms with van der Waals surface area (Å²) in [4.78, 5) is 4.12. The van der Waals surface area contributed by atoms with E-state index in [0.717, 1.165) is 6.54 Å². The van der Waals surface area contributed by atoms with E-state index in [1.807, 2.05) is 25.6 Å². The highest BCUT2D eigenvalue weighted by Gasteiger charge is 1.97. The average molecular weight is 131 g/mol. The molecule has 2 heteroatoms. The molecule has 0 unspecified atom stereocenters. The van der Waals surface area contributed by atoms with Gasteiger partial charge in [-0.15, -0.1) is 11.8 Å². The Hall–Kier alpha value is 0.0200. The Morgan fingerprint density at radius 1 is 1.50 bits per heavy atom. The number of thioether (sulfide) groups is 1. The lowest BCUT2D eigenvalue weighted by Crippen LogP contribution is -1.70. The summed E-state index contributed by atoms with van der Waals surface area (Å²) in [6.07, 6.45) is 0. The van der Waals surface area contributed by atoms with Crippen LogP contribution in [0.25, 0.3) is 0 Å². The topological polar surface area (TPSA) is 12.4 Å². The summed E-state index contributed by atoms with van der Waals surface area (Å²) in [6.45, 7) is 7.09. The van der Waals surface area contributed by atoms with E-state index in [0.29, 0.717) is 0 Å². The summed E-state index contributed by atoms with van der Waals surface area (Å²) in [5.74, 6) is 1.20. The Labute approximate surface area is 55.6 Å². The maximum Gasteiger partial charge on any atom is 0.0645 e. The Morgan fingerprint density at radius 3 is 2.25 bits per heavy atom. The first-order valence-corrected chi connectivity index (χ1v) is 4.02. The average Bonchev–Trinajstić information content (AvgIpc) is 2.24. The van der Waals surface area contributed by atoms with Crippen molar-refractivity contribution in [2.75, 3.05) is 12.3 Å². The second-order valence-corrected chi connectivity index (χ2v) is 2.54. The maximum atomic E-state index is 4.12. The van der Waals surface area contributed by atoms with E-state index in [1.54, 1.807) is 0 Å². The summed E-state index contributed by atoms with van der Waals surface area (Å²) in [5, 5.41) is 1.25. The highest BCUT2D eigenvalue weighted by Crippen LogP contribution is 2.09. The predicted molar refractivity (Wildman–Crippen MR) is 41.8 cm³/mol. The fourth-order valence-electron chi connectivity index (χ4n) is 0.442. The highest BCUT2D eigenvalue weighted by molar-refractivity contribution is 8.14. The van der Waals surface area contributed by atoms with Gasteiger partial charge in [-0.25, -0.2) is 0 Å². The number of hydrogen-bond donors (Lipinski definition) is 0. The summed E-state index contributed by atoms with van der Waals surface area (Å²) in [6, 6.07) is 0. The van der Waals surface area contributed by atoms with E-state index in [-0.39, 0.29) is 0 Å². The molecule has 0 amide bonds. The van der Waals surface area contributed by atoms with Gasteiger partial charge in [0.2, 0.25) is 0 Å². The lowest BCUT2D eigenvalue weighted by atomic mass is 10.8. The van der Waals surface area contributed by atoms with Gasteiger partial charge in [0.1, 0.15) is 0 Å². The van der Waals surface area contributed by atoms with E-state index in [4.69, 9.17) is 0 Å². The summed E-state index contributed by atoms with van der Waals surface area (Å²) >= 11 is 1.85. The number of aliphatic imine (C=N–C) groups is 1. The van der Waals surface area contributed by atoms with Gasteiger partial charge >= 0.3 is 0 Å². The van der Waals surface area contributed by atoms with Crippen molar-refractivity contribution in [2.45, 2.75) is 20.8 Å². The van der Waals surface area contributed by atoms with E-state index in [1.165, 1.54) is 10.8 Å². The van der Waals surface area contributed by atoms with Crippen LogP contribution in [0.4, 0.5) is 0 Å². The molecule has 48 valence electrons. The molecule has 8 heavy (non-hydrogen) atoms. The molecule has 1 heterocycles. The fourth-order valence-corrected chi connectivity index (χ4v) is 1.10. The van der Waals surface area contributed by atoms with Crippen LogP contribution in [-0.4, -0.2) is 17.3 Å². The molecule has 0 bridgehead atoms. The molecule has 0 aliphatic carbocycles. The number of nitrogens with zero attached hydrogens (tertiary/aromatic N) is 1. The van der Waals surface area contributed by atoms with Crippen LogP contribution in [-0.2, 0) is 0 Å². The zero-order chi connectivity index (χ0) is 6.41. The Balaban J connectivity index is 0.000000222. The van der Waals surface area contributed by atoms with Crippen LogP contribution < -0.4 is 0 Å². The Bertz CT molecular complexity index is 78.6. The van der Waals surface area contributed by atoms with Crippen molar-refractivity contribution >= 4 is 16.8 Å². The molecule has 1 aliphatic heterocycles. The minimum atomic E-state index is 1.04. The second-order valence-electron chi connectivity index (χ2n) is 1.25. The molecule has 1 nitrogen and oxygen atoms in total. The summed E-state index contributed by atoms with van der Waals surface area (Å²) < 4.78 is 0. The molecule has 0 spiro atoms. The molecule has 1 rings (SSSR count).